The second-order valence-electron chi connectivity index (χ2n) is 11.4. The van der Waals surface area contributed by atoms with Crippen LogP contribution in [0.2, 0.25) is 0 Å². The van der Waals surface area contributed by atoms with Gasteiger partial charge >= 0.3 is 0 Å². The van der Waals surface area contributed by atoms with Crippen LogP contribution in [0.1, 0.15) is 26.0 Å². The molecule has 2 fully saturated rings. The number of hydrogen-bond acceptors (Lipinski definition) is 9. The number of allylic oxidation sites excluding steroid dienone is 1. The van der Waals surface area contributed by atoms with Gasteiger partial charge in [-0.1, -0.05) is 25.1 Å². The molecule has 0 spiro atoms. The summed E-state index contributed by atoms with van der Waals surface area (Å²) in [6.45, 7) is 8.80. The van der Waals surface area contributed by atoms with Crippen LogP contribution in [0.4, 0.5) is 5.69 Å². The summed E-state index contributed by atoms with van der Waals surface area (Å²) in [6.07, 6.45) is -4.66. The van der Waals surface area contributed by atoms with E-state index in [0.29, 0.717) is 17.7 Å². The summed E-state index contributed by atoms with van der Waals surface area (Å²) in [5.41, 5.74) is 3.89. The van der Waals surface area contributed by atoms with Gasteiger partial charge in [0.05, 0.1) is 19.3 Å². The molecule has 11 heteroatoms. The van der Waals surface area contributed by atoms with Crippen molar-refractivity contribution in [2.45, 2.75) is 50.9 Å². The summed E-state index contributed by atoms with van der Waals surface area (Å²) in [5.74, 6) is -0.776. The van der Waals surface area contributed by atoms with Gasteiger partial charge in [-0.3, -0.25) is 9.69 Å². The number of carbonyl (C=O) groups is 1. The van der Waals surface area contributed by atoms with Gasteiger partial charge in [-0.2, -0.15) is 5.26 Å². The lowest BCUT2D eigenvalue weighted by Gasteiger charge is -2.40. The Morgan fingerprint density at radius 3 is 2.50 bits per heavy atom. The zero-order valence-electron chi connectivity index (χ0n) is 25.4. The highest BCUT2D eigenvalue weighted by Crippen LogP contribution is 2.30. The van der Waals surface area contributed by atoms with Crippen LogP contribution in [-0.2, 0) is 21.3 Å². The fourth-order valence-corrected chi connectivity index (χ4v) is 5.97. The second-order valence-corrected chi connectivity index (χ2v) is 11.4. The van der Waals surface area contributed by atoms with Crippen molar-refractivity contribution in [1.29, 1.82) is 5.26 Å². The Labute approximate surface area is 257 Å². The minimum atomic E-state index is -1.53. The molecule has 5 N–H and O–H groups in total. The number of aliphatic hydroxyl groups is 3. The van der Waals surface area contributed by atoms with Crippen molar-refractivity contribution >= 4 is 27.9 Å². The number of hydrogen-bond donors (Lipinski definition) is 5. The number of nitriles is 1. The van der Waals surface area contributed by atoms with E-state index in [-0.39, 0.29) is 5.57 Å². The fourth-order valence-electron chi connectivity index (χ4n) is 5.97. The number of anilines is 1. The predicted octanol–water partition coefficient (Wildman–Crippen LogP) is 2.22. The number of fused-ring (bicyclic) bond motifs is 1. The van der Waals surface area contributed by atoms with E-state index in [4.69, 9.17) is 9.47 Å². The maximum atomic E-state index is 13.1. The van der Waals surface area contributed by atoms with Crippen LogP contribution < -0.4 is 10.6 Å². The summed E-state index contributed by atoms with van der Waals surface area (Å²) in [6, 6.07) is 17.0. The van der Waals surface area contributed by atoms with Crippen molar-refractivity contribution in [2.75, 3.05) is 44.7 Å². The van der Waals surface area contributed by atoms with Crippen LogP contribution in [-0.4, -0.2) is 101 Å². The Kier molecular flexibility index (Phi) is 10.0. The molecule has 1 aromatic heterocycles. The van der Waals surface area contributed by atoms with Crippen molar-refractivity contribution in [1.82, 2.24) is 14.8 Å². The molecular formula is C33H41N5O6. The molecular weight excluding hydrogens is 562 g/mol. The molecule has 2 saturated heterocycles. The number of benzene rings is 2. The van der Waals surface area contributed by atoms with E-state index in [1.807, 2.05) is 29.8 Å². The van der Waals surface area contributed by atoms with Crippen molar-refractivity contribution in [2.24, 2.45) is 7.05 Å². The lowest BCUT2D eigenvalue weighted by molar-refractivity contribution is -0.247. The van der Waals surface area contributed by atoms with Gasteiger partial charge in [0.1, 0.15) is 29.9 Å². The normalized spacial score (nSPS) is 24.9. The smallest absolute Gasteiger partial charge is 0.262 e. The molecule has 3 heterocycles. The molecule has 2 aliphatic heterocycles. The van der Waals surface area contributed by atoms with Crippen molar-refractivity contribution < 1.29 is 29.6 Å². The molecule has 1 amide bonds. The molecule has 0 aliphatic carbocycles. The molecule has 0 radical (unpaired) electrons. The fraction of sp³-hybridized carbons (Fsp3) is 0.455. The van der Waals surface area contributed by atoms with Gasteiger partial charge in [-0.15, -0.1) is 0 Å². The highest BCUT2D eigenvalue weighted by atomic mass is 16.6. The first kappa shape index (κ1) is 31.7. The molecule has 3 aromatic rings. The summed E-state index contributed by atoms with van der Waals surface area (Å²) in [7, 11) is 1.87. The van der Waals surface area contributed by atoms with Gasteiger partial charge in [0, 0.05) is 50.3 Å². The maximum absolute atomic E-state index is 13.1. The first-order chi connectivity index (χ1) is 21.2. The van der Waals surface area contributed by atoms with Crippen LogP contribution in [0.3, 0.4) is 0 Å². The Morgan fingerprint density at radius 1 is 1.05 bits per heavy atom. The SMILES string of the molecule is CC[C@H]1OC(O)C(NC(=O)/C(C#N)=C(\C)c2ccc(-c3ccc4cc(NCCN5CCOCC5)ccc4c3)n2C)[C@@H](O)[C@@H]1O. The van der Waals surface area contributed by atoms with Crippen LogP contribution in [0.25, 0.3) is 27.6 Å². The van der Waals surface area contributed by atoms with Crippen molar-refractivity contribution in [3.8, 4) is 17.3 Å². The number of rotatable bonds is 9. The third kappa shape index (κ3) is 6.66. The van der Waals surface area contributed by atoms with E-state index in [1.165, 1.54) is 0 Å². The number of carbonyl (C=O) groups excluding carboxylic acids is 1. The number of amides is 1. The number of ether oxygens (including phenoxy) is 2. The molecule has 5 atom stereocenters. The molecule has 2 unspecified atom stereocenters. The van der Waals surface area contributed by atoms with E-state index in [9.17, 15) is 25.4 Å². The summed E-state index contributed by atoms with van der Waals surface area (Å²) >= 11 is 0. The number of aliphatic hydroxyl groups excluding tert-OH is 3. The van der Waals surface area contributed by atoms with Crippen molar-refractivity contribution in [3.63, 3.8) is 0 Å². The van der Waals surface area contributed by atoms with Gasteiger partial charge in [0.15, 0.2) is 6.29 Å². The number of aromatic nitrogens is 1. The molecule has 2 aliphatic rings. The Morgan fingerprint density at radius 2 is 1.77 bits per heavy atom. The van der Waals surface area contributed by atoms with Gasteiger partial charge in [0.2, 0.25) is 0 Å². The van der Waals surface area contributed by atoms with E-state index in [2.05, 4.69) is 51.9 Å². The predicted molar refractivity (Wildman–Crippen MR) is 167 cm³/mol. The quantitative estimate of drug-likeness (QED) is 0.183. The summed E-state index contributed by atoms with van der Waals surface area (Å²) < 4.78 is 12.7. The van der Waals surface area contributed by atoms with Gasteiger partial charge in [0.25, 0.3) is 5.91 Å². The summed E-state index contributed by atoms with van der Waals surface area (Å²) in [4.78, 5) is 15.5. The topological polar surface area (TPSA) is 152 Å². The minimum absolute atomic E-state index is 0.170. The first-order valence-electron chi connectivity index (χ1n) is 15.1. The lowest BCUT2D eigenvalue weighted by Crippen LogP contribution is -2.63. The highest BCUT2D eigenvalue weighted by molar-refractivity contribution is 6.04. The monoisotopic (exact) mass is 603 g/mol. The molecule has 5 rings (SSSR count). The second kappa shape index (κ2) is 13.9. The van der Waals surface area contributed by atoms with E-state index in [1.54, 1.807) is 13.8 Å². The average molecular weight is 604 g/mol. The molecule has 234 valence electrons. The maximum Gasteiger partial charge on any atom is 0.262 e. The Hall–Kier alpha value is -3.76. The Bertz CT molecular complexity index is 1560. The van der Waals surface area contributed by atoms with E-state index < -0.39 is 36.6 Å². The van der Waals surface area contributed by atoms with E-state index in [0.717, 1.165) is 67.1 Å². The molecule has 44 heavy (non-hydrogen) atoms. The van der Waals surface area contributed by atoms with Crippen LogP contribution in [0, 0.1) is 11.3 Å². The van der Waals surface area contributed by atoms with Gasteiger partial charge in [-0.25, -0.2) is 0 Å². The average Bonchev–Trinajstić information content (AvgIpc) is 3.42. The highest BCUT2D eigenvalue weighted by Gasteiger charge is 2.44. The molecule has 0 saturated carbocycles. The standard InChI is InChI=1S/C33H41N5O6/c1-4-28-30(39)31(40)29(33(42)44-28)36-32(41)25(19-34)20(2)26-9-10-27(37(26)3)23-6-5-22-18-24(8-7-21(22)17-23)35-11-12-38-13-15-43-16-14-38/h5-10,17-18,28-31,33,35,39-40,42H,4,11-16H2,1-3H3,(H,36,41)/b25-20+/t28-,29?,30-,31-,33?/m1/s1. The van der Waals surface area contributed by atoms with Gasteiger partial charge in [-0.05, 0) is 65.6 Å². The minimum Gasteiger partial charge on any atom is -0.388 e. The molecule has 11 nitrogen and oxygen atoms in total. The molecule has 2 aromatic carbocycles. The van der Waals surface area contributed by atoms with Crippen LogP contribution >= 0.6 is 0 Å². The third-order valence-corrected chi connectivity index (χ3v) is 8.64. The van der Waals surface area contributed by atoms with Crippen LogP contribution in [0.5, 0.6) is 0 Å². The molecule has 0 bridgehead atoms. The zero-order valence-corrected chi connectivity index (χ0v) is 25.4. The lowest BCUT2D eigenvalue weighted by atomic mass is 9.95. The number of morpholine rings is 1. The zero-order chi connectivity index (χ0) is 31.4. The Balaban J connectivity index is 1.30. The largest absolute Gasteiger partial charge is 0.388 e. The summed E-state index contributed by atoms with van der Waals surface area (Å²) in [5, 5.41) is 49.3. The van der Waals surface area contributed by atoms with E-state index >= 15 is 0 Å². The first-order valence-corrected chi connectivity index (χ1v) is 15.1. The third-order valence-electron chi connectivity index (χ3n) is 8.64. The number of nitrogens with one attached hydrogen (secondary N) is 2. The van der Waals surface area contributed by atoms with Crippen LogP contribution in [0.15, 0.2) is 54.1 Å². The number of nitrogens with zero attached hydrogens (tertiary/aromatic N) is 3. The van der Waals surface area contributed by atoms with Crippen molar-refractivity contribution in [3.05, 3.63) is 59.8 Å². The van der Waals surface area contributed by atoms with Gasteiger partial charge < -0.3 is 40.0 Å².